The molecule has 5 heteroatoms. The SMILES string of the molecule is C=C(C)COc1ccc(-c2nc3scc(-c4ccccc4)n3c2C=O)cc1. The molecule has 2 aromatic carbocycles. The number of carbonyl (C=O) groups excluding carboxylic acids is 1. The summed E-state index contributed by atoms with van der Waals surface area (Å²) in [4.78, 5) is 17.4. The van der Waals surface area contributed by atoms with Gasteiger partial charge in [0.25, 0.3) is 0 Å². The number of hydrogen-bond acceptors (Lipinski definition) is 4. The van der Waals surface area contributed by atoms with Gasteiger partial charge < -0.3 is 4.74 Å². The molecular weight excluding hydrogens is 356 g/mol. The zero-order chi connectivity index (χ0) is 18.8. The highest BCUT2D eigenvalue weighted by Gasteiger charge is 2.18. The zero-order valence-corrected chi connectivity index (χ0v) is 15.7. The van der Waals surface area contributed by atoms with Crippen LogP contribution in [0.2, 0.25) is 0 Å². The van der Waals surface area contributed by atoms with Crippen molar-refractivity contribution in [2.45, 2.75) is 6.92 Å². The van der Waals surface area contributed by atoms with Crippen LogP contribution in [0.15, 0.2) is 72.1 Å². The smallest absolute Gasteiger partial charge is 0.195 e. The van der Waals surface area contributed by atoms with Crippen LogP contribution in [0.1, 0.15) is 17.4 Å². The third-order valence-electron chi connectivity index (χ3n) is 4.19. The van der Waals surface area contributed by atoms with E-state index in [9.17, 15) is 4.79 Å². The maximum atomic E-state index is 11.9. The van der Waals surface area contributed by atoms with Crippen molar-refractivity contribution in [3.05, 3.63) is 77.8 Å². The van der Waals surface area contributed by atoms with Crippen molar-refractivity contribution < 1.29 is 9.53 Å². The van der Waals surface area contributed by atoms with Crippen LogP contribution in [-0.2, 0) is 0 Å². The molecule has 0 atom stereocenters. The van der Waals surface area contributed by atoms with Crippen LogP contribution >= 0.6 is 11.3 Å². The molecule has 0 unspecified atom stereocenters. The van der Waals surface area contributed by atoms with E-state index < -0.39 is 0 Å². The fourth-order valence-electron chi connectivity index (χ4n) is 2.93. The molecule has 4 aromatic rings. The van der Waals surface area contributed by atoms with Gasteiger partial charge in [-0.1, -0.05) is 36.9 Å². The number of rotatable bonds is 6. The highest BCUT2D eigenvalue weighted by Crippen LogP contribution is 2.32. The molecule has 4 rings (SSSR count). The molecular formula is C22H18N2O2S. The van der Waals surface area contributed by atoms with Crippen molar-refractivity contribution >= 4 is 22.6 Å². The number of nitrogens with zero attached hydrogens (tertiary/aromatic N) is 2. The summed E-state index contributed by atoms with van der Waals surface area (Å²) < 4.78 is 7.57. The fraction of sp³-hybridized carbons (Fsp3) is 0.0909. The maximum Gasteiger partial charge on any atom is 0.195 e. The monoisotopic (exact) mass is 374 g/mol. The second-order valence-electron chi connectivity index (χ2n) is 6.34. The lowest BCUT2D eigenvalue weighted by Gasteiger charge is -2.06. The number of imidazole rings is 1. The molecule has 0 N–H and O–H groups in total. The van der Waals surface area contributed by atoms with Crippen molar-refractivity contribution in [1.29, 1.82) is 0 Å². The lowest BCUT2D eigenvalue weighted by atomic mass is 10.1. The topological polar surface area (TPSA) is 43.6 Å². The highest BCUT2D eigenvalue weighted by molar-refractivity contribution is 7.15. The summed E-state index contributed by atoms with van der Waals surface area (Å²) in [6.45, 7) is 6.24. The molecule has 0 radical (unpaired) electrons. The normalized spacial score (nSPS) is 10.9. The molecule has 27 heavy (non-hydrogen) atoms. The molecule has 2 heterocycles. The Kier molecular flexibility index (Phi) is 4.60. The average Bonchev–Trinajstić information content (AvgIpc) is 3.26. The third kappa shape index (κ3) is 3.29. The van der Waals surface area contributed by atoms with E-state index in [1.807, 2.05) is 71.3 Å². The van der Waals surface area contributed by atoms with Gasteiger partial charge in [-0.15, -0.1) is 11.3 Å². The van der Waals surface area contributed by atoms with Gasteiger partial charge in [-0.3, -0.25) is 9.20 Å². The first-order valence-electron chi connectivity index (χ1n) is 8.55. The number of hydrogen-bond donors (Lipinski definition) is 0. The van der Waals surface area contributed by atoms with E-state index in [1.54, 1.807) is 0 Å². The number of benzene rings is 2. The molecule has 134 valence electrons. The lowest BCUT2D eigenvalue weighted by Crippen LogP contribution is -1.97. The Morgan fingerprint density at radius 1 is 1.15 bits per heavy atom. The second kappa shape index (κ2) is 7.21. The average molecular weight is 374 g/mol. The lowest BCUT2D eigenvalue weighted by molar-refractivity contribution is 0.111. The van der Waals surface area contributed by atoms with Gasteiger partial charge in [0.05, 0.1) is 5.69 Å². The molecule has 0 fully saturated rings. The molecule has 0 saturated carbocycles. The number of fused-ring (bicyclic) bond motifs is 1. The standard InChI is InChI=1S/C22H18N2O2S/c1-15(2)13-26-18-10-8-17(9-11-18)21-19(12-25)24-20(14-27-22(24)23-21)16-6-4-3-5-7-16/h3-12,14H,1,13H2,2H3. The van der Waals surface area contributed by atoms with E-state index in [2.05, 4.69) is 6.58 Å². The summed E-state index contributed by atoms with van der Waals surface area (Å²) in [5.74, 6) is 0.764. The van der Waals surface area contributed by atoms with Crippen LogP contribution in [0.25, 0.3) is 27.5 Å². The van der Waals surface area contributed by atoms with Crippen LogP contribution in [0, 0.1) is 0 Å². The number of aromatic nitrogens is 2. The highest BCUT2D eigenvalue weighted by atomic mass is 32.1. The second-order valence-corrected chi connectivity index (χ2v) is 7.18. The summed E-state index contributed by atoms with van der Waals surface area (Å²) in [6, 6.07) is 17.6. The number of aldehydes is 1. The quantitative estimate of drug-likeness (QED) is 0.331. The fourth-order valence-corrected chi connectivity index (χ4v) is 3.83. The van der Waals surface area contributed by atoms with Gasteiger partial charge in [0, 0.05) is 10.9 Å². The molecule has 0 bridgehead atoms. The van der Waals surface area contributed by atoms with Gasteiger partial charge >= 0.3 is 0 Å². The van der Waals surface area contributed by atoms with E-state index in [0.717, 1.165) is 39.4 Å². The first kappa shape index (κ1) is 17.2. The minimum absolute atomic E-state index is 0.486. The van der Waals surface area contributed by atoms with E-state index >= 15 is 0 Å². The van der Waals surface area contributed by atoms with E-state index in [0.29, 0.717) is 18.0 Å². The van der Waals surface area contributed by atoms with Gasteiger partial charge in [-0.25, -0.2) is 4.98 Å². The van der Waals surface area contributed by atoms with Crippen molar-refractivity contribution in [1.82, 2.24) is 9.38 Å². The largest absolute Gasteiger partial charge is 0.489 e. The van der Waals surface area contributed by atoms with Crippen LogP contribution in [0.5, 0.6) is 5.75 Å². The van der Waals surface area contributed by atoms with Crippen molar-refractivity contribution in [2.75, 3.05) is 6.61 Å². The summed E-state index contributed by atoms with van der Waals surface area (Å²) in [6.07, 6.45) is 0.875. The Balaban J connectivity index is 1.76. The maximum absolute atomic E-state index is 11.9. The summed E-state index contributed by atoms with van der Waals surface area (Å²) >= 11 is 1.53. The molecule has 0 aliphatic heterocycles. The molecule has 0 spiro atoms. The predicted molar refractivity (Wildman–Crippen MR) is 110 cm³/mol. The van der Waals surface area contributed by atoms with Crippen LogP contribution in [-0.4, -0.2) is 22.3 Å². The summed E-state index contributed by atoms with van der Waals surface area (Å²) in [7, 11) is 0. The van der Waals surface area contributed by atoms with Crippen molar-refractivity contribution in [3.8, 4) is 28.3 Å². The predicted octanol–water partition coefficient (Wildman–Crippen LogP) is 5.50. The Bertz CT molecular complexity index is 1110. The minimum atomic E-state index is 0.486. The Hall–Kier alpha value is -3.18. The third-order valence-corrected chi connectivity index (χ3v) is 5.02. The molecule has 2 aromatic heterocycles. The van der Waals surface area contributed by atoms with E-state index in [-0.39, 0.29) is 0 Å². The molecule has 4 nitrogen and oxygen atoms in total. The first-order chi connectivity index (χ1) is 13.2. The first-order valence-corrected chi connectivity index (χ1v) is 9.43. The van der Waals surface area contributed by atoms with Gasteiger partial charge in [0.1, 0.15) is 23.7 Å². The van der Waals surface area contributed by atoms with Gasteiger partial charge in [0.15, 0.2) is 11.2 Å². The van der Waals surface area contributed by atoms with E-state index in [4.69, 9.17) is 9.72 Å². The van der Waals surface area contributed by atoms with Gasteiger partial charge in [-0.05, 0) is 42.3 Å². The Morgan fingerprint density at radius 3 is 2.56 bits per heavy atom. The summed E-state index contributed by atoms with van der Waals surface area (Å²) in [5.41, 5.74) is 5.11. The summed E-state index contributed by atoms with van der Waals surface area (Å²) in [5, 5.41) is 2.03. The molecule has 0 aliphatic carbocycles. The minimum Gasteiger partial charge on any atom is -0.489 e. The number of ether oxygens (including phenoxy) is 1. The zero-order valence-electron chi connectivity index (χ0n) is 14.9. The molecule has 0 saturated heterocycles. The van der Waals surface area contributed by atoms with Gasteiger partial charge in [-0.2, -0.15) is 0 Å². The van der Waals surface area contributed by atoms with E-state index in [1.165, 1.54) is 11.3 Å². The van der Waals surface area contributed by atoms with Crippen molar-refractivity contribution in [3.63, 3.8) is 0 Å². The number of carbonyl (C=O) groups is 1. The van der Waals surface area contributed by atoms with Crippen LogP contribution in [0.4, 0.5) is 0 Å². The van der Waals surface area contributed by atoms with Crippen molar-refractivity contribution in [2.24, 2.45) is 0 Å². The molecule has 0 aliphatic rings. The van der Waals surface area contributed by atoms with Crippen LogP contribution < -0.4 is 4.74 Å². The Labute approximate surface area is 161 Å². The van der Waals surface area contributed by atoms with Gasteiger partial charge in [0.2, 0.25) is 0 Å². The van der Waals surface area contributed by atoms with Crippen LogP contribution in [0.3, 0.4) is 0 Å². The molecule has 0 amide bonds. The Morgan fingerprint density at radius 2 is 1.89 bits per heavy atom. The number of thiazole rings is 1.